The molecule has 7 nitrogen and oxygen atoms in total. The maximum atomic E-state index is 12.4. The van der Waals surface area contributed by atoms with E-state index in [1.807, 2.05) is 32.6 Å². The molecule has 0 saturated carbocycles. The van der Waals surface area contributed by atoms with Crippen LogP contribution in [0.3, 0.4) is 0 Å². The maximum absolute atomic E-state index is 12.4. The summed E-state index contributed by atoms with van der Waals surface area (Å²) in [4.78, 5) is 24.1. The van der Waals surface area contributed by atoms with E-state index in [9.17, 15) is 4.79 Å². The monoisotopic (exact) mass is 437 g/mol. The summed E-state index contributed by atoms with van der Waals surface area (Å²) in [6.45, 7) is 17.7. The van der Waals surface area contributed by atoms with E-state index in [0.29, 0.717) is 12.5 Å². The fourth-order valence-electron chi connectivity index (χ4n) is 4.43. The highest BCUT2D eigenvalue weighted by Crippen LogP contribution is 2.21. The van der Waals surface area contributed by atoms with E-state index in [1.165, 1.54) is 32.4 Å². The minimum atomic E-state index is -0.446. The minimum absolute atomic E-state index is 0.193. The molecule has 0 spiro atoms. The Morgan fingerprint density at radius 1 is 1.06 bits per heavy atom. The second-order valence-corrected chi connectivity index (χ2v) is 10.2. The highest BCUT2D eigenvalue weighted by Gasteiger charge is 2.27. The summed E-state index contributed by atoms with van der Waals surface area (Å²) >= 11 is 0. The smallest absolute Gasteiger partial charge is 0.410 e. The Hall–Kier alpha value is -1.50. The van der Waals surface area contributed by atoms with Crippen LogP contribution in [0.5, 0.6) is 0 Å². The highest BCUT2D eigenvalue weighted by molar-refractivity contribution is 5.80. The van der Waals surface area contributed by atoms with E-state index in [2.05, 4.69) is 29.1 Å². The van der Waals surface area contributed by atoms with Gasteiger partial charge < -0.3 is 24.8 Å². The molecule has 2 aliphatic rings. The predicted molar refractivity (Wildman–Crippen MR) is 129 cm³/mol. The van der Waals surface area contributed by atoms with Crippen LogP contribution in [0.15, 0.2) is 4.99 Å². The molecule has 2 fully saturated rings. The topological polar surface area (TPSA) is 60.4 Å². The van der Waals surface area contributed by atoms with E-state index in [-0.39, 0.29) is 6.09 Å². The number of guanidine groups is 1. The zero-order valence-electron chi connectivity index (χ0n) is 21.0. The van der Waals surface area contributed by atoms with Crippen LogP contribution >= 0.6 is 0 Å². The van der Waals surface area contributed by atoms with Gasteiger partial charge in [0.25, 0.3) is 0 Å². The van der Waals surface area contributed by atoms with Crippen molar-refractivity contribution in [1.82, 2.24) is 20.0 Å². The lowest BCUT2D eigenvalue weighted by Gasteiger charge is -2.36. The molecule has 2 heterocycles. The zero-order valence-corrected chi connectivity index (χ0v) is 21.0. The lowest BCUT2D eigenvalue weighted by atomic mass is 9.94. The molecule has 0 aliphatic carbocycles. The van der Waals surface area contributed by atoms with Gasteiger partial charge in [0, 0.05) is 39.3 Å². The van der Waals surface area contributed by atoms with Crippen molar-refractivity contribution in [3.8, 4) is 0 Å². The van der Waals surface area contributed by atoms with Crippen molar-refractivity contribution in [2.75, 3.05) is 59.4 Å². The average Bonchev–Trinajstić information content (AvgIpc) is 2.72. The van der Waals surface area contributed by atoms with Crippen LogP contribution in [0, 0.1) is 11.8 Å². The van der Waals surface area contributed by atoms with E-state index in [0.717, 1.165) is 57.4 Å². The molecule has 0 atom stereocenters. The molecular weight excluding hydrogens is 390 g/mol. The Bertz CT molecular complexity index is 559. The molecule has 2 saturated heterocycles. The van der Waals surface area contributed by atoms with Crippen molar-refractivity contribution >= 4 is 12.1 Å². The van der Waals surface area contributed by atoms with Crippen LogP contribution in [-0.4, -0.2) is 91.8 Å². The number of likely N-dealkylation sites (tertiary alicyclic amines) is 2. The van der Waals surface area contributed by atoms with Crippen molar-refractivity contribution in [3.05, 3.63) is 0 Å². The van der Waals surface area contributed by atoms with Gasteiger partial charge in [-0.1, -0.05) is 0 Å². The summed E-state index contributed by atoms with van der Waals surface area (Å²) in [5.41, 5.74) is -0.446. The number of rotatable bonds is 7. The number of carbonyl (C=O) groups excluding carboxylic acids is 1. The molecule has 7 heteroatoms. The van der Waals surface area contributed by atoms with Gasteiger partial charge in [0.1, 0.15) is 5.60 Å². The quantitative estimate of drug-likeness (QED) is 0.487. The van der Waals surface area contributed by atoms with Gasteiger partial charge in [-0.2, -0.15) is 0 Å². The molecule has 2 rings (SSSR count). The third kappa shape index (κ3) is 9.26. The average molecular weight is 438 g/mol. The molecule has 1 N–H and O–H groups in total. The molecule has 0 aromatic heterocycles. The molecule has 31 heavy (non-hydrogen) atoms. The largest absolute Gasteiger partial charge is 0.444 e. The SMILES string of the molecule is CCNC(=NCCC1CCN(C)CC1)N1CCC(CN(CC)C(=O)OC(C)(C)C)CC1. The number of amides is 1. The number of nitrogens with one attached hydrogen (secondary N) is 1. The minimum Gasteiger partial charge on any atom is -0.444 e. The van der Waals surface area contributed by atoms with Gasteiger partial charge >= 0.3 is 6.09 Å². The van der Waals surface area contributed by atoms with Gasteiger partial charge in [-0.15, -0.1) is 0 Å². The van der Waals surface area contributed by atoms with Crippen LogP contribution in [0.2, 0.25) is 0 Å². The van der Waals surface area contributed by atoms with Gasteiger partial charge in [0.15, 0.2) is 5.96 Å². The van der Waals surface area contributed by atoms with E-state index in [4.69, 9.17) is 9.73 Å². The number of nitrogens with zero attached hydrogens (tertiary/aromatic N) is 4. The fraction of sp³-hybridized carbons (Fsp3) is 0.917. The molecule has 180 valence electrons. The lowest BCUT2D eigenvalue weighted by molar-refractivity contribution is 0.0214. The van der Waals surface area contributed by atoms with Crippen LogP contribution in [-0.2, 0) is 4.74 Å². The Balaban J connectivity index is 1.80. The van der Waals surface area contributed by atoms with Crippen molar-refractivity contribution in [3.63, 3.8) is 0 Å². The van der Waals surface area contributed by atoms with E-state index in [1.54, 1.807) is 0 Å². The number of hydrogen-bond acceptors (Lipinski definition) is 4. The molecule has 0 aromatic rings. The predicted octanol–water partition coefficient (Wildman–Crippen LogP) is 3.65. The van der Waals surface area contributed by atoms with Gasteiger partial charge in [-0.05, 0) is 98.7 Å². The summed E-state index contributed by atoms with van der Waals surface area (Å²) in [6.07, 6.45) is 5.78. The molecule has 2 aliphatic heterocycles. The Labute approximate surface area is 190 Å². The first-order chi connectivity index (χ1) is 14.7. The molecule has 0 bridgehead atoms. The Kier molecular flexibility index (Phi) is 10.4. The van der Waals surface area contributed by atoms with Crippen LogP contribution in [0.4, 0.5) is 4.79 Å². The third-order valence-corrected chi connectivity index (χ3v) is 6.40. The highest BCUT2D eigenvalue weighted by atomic mass is 16.6. The molecule has 0 unspecified atom stereocenters. The second-order valence-electron chi connectivity index (χ2n) is 10.2. The number of carbonyl (C=O) groups is 1. The summed E-state index contributed by atoms with van der Waals surface area (Å²) < 4.78 is 5.57. The van der Waals surface area contributed by atoms with Crippen molar-refractivity contribution in [2.24, 2.45) is 16.8 Å². The summed E-state index contributed by atoms with van der Waals surface area (Å²) in [5, 5.41) is 3.49. The second kappa shape index (κ2) is 12.5. The van der Waals surface area contributed by atoms with Gasteiger partial charge in [-0.3, -0.25) is 4.99 Å². The normalized spacial score (nSPS) is 20.1. The third-order valence-electron chi connectivity index (χ3n) is 6.40. The standard InChI is InChI=1S/C24H47N5O2/c1-7-25-22(26-14-9-20-10-15-27(6)16-11-20)29-17-12-21(13-18-29)19-28(8-2)23(30)31-24(3,4)5/h20-21H,7-19H2,1-6H3,(H,25,26). The first kappa shape index (κ1) is 25.8. The van der Waals surface area contributed by atoms with E-state index >= 15 is 0 Å². The number of piperidine rings is 2. The van der Waals surface area contributed by atoms with Crippen LogP contribution < -0.4 is 5.32 Å². The van der Waals surface area contributed by atoms with Crippen molar-refractivity contribution < 1.29 is 9.53 Å². The Morgan fingerprint density at radius 2 is 1.68 bits per heavy atom. The van der Waals surface area contributed by atoms with Gasteiger partial charge in [0.05, 0.1) is 0 Å². The number of aliphatic imine (C=N–C) groups is 1. The zero-order chi connectivity index (χ0) is 22.9. The summed E-state index contributed by atoms with van der Waals surface area (Å²) in [6, 6.07) is 0. The fourth-order valence-corrected chi connectivity index (χ4v) is 4.43. The number of hydrogen-bond donors (Lipinski definition) is 1. The molecule has 0 aromatic carbocycles. The van der Waals surface area contributed by atoms with Crippen LogP contribution in [0.25, 0.3) is 0 Å². The summed E-state index contributed by atoms with van der Waals surface area (Å²) in [5.74, 6) is 2.40. The van der Waals surface area contributed by atoms with Crippen molar-refractivity contribution in [1.29, 1.82) is 0 Å². The van der Waals surface area contributed by atoms with Gasteiger partial charge in [0.2, 0.25) is 0 Å². The number of ether oxygens (including phenoxy) is 1. The first-order valence-corrected chi connectivity index (χ1v) is 12.4. The van der Waals surface area contributed by atoms with Crippen molar-refractivity contribution in [2.45, 2.75) is 72.3 Å². The first-order valence-electron chi connectivity index (χ1n) is 12.4. The molecular formula is C24H47N5O2. The Morgan fingerprint density at radius 3 is 2.23 bits per heavy atom. The summed E-state index contributed by atoms with van der Waals surface area (Å²) in [7, 11) is 2.22. The molecule has 0 radical (unpaired) electrons. The maximum Gasteiger partial charge on any atom is 0.410 e. The molecule has 1 amide bonds. The van der Waals surface area contributed by atoms with Gasteiger partial charge in [-0.25, -0.2) is 4.79 Å². The lowest BCUT2D eigenvalue weighted by Crippen LogP contribution is -2.48. The van der Waals surface area contributed by atoms with Crippen LogP contribution in [0.1, 0.15) is 66.7 Å². The van der Waals surface area contributed by atoms with E-state index < -0.39 is 5.60 Å².